The molecule has 1 amide bonds. The summed E-state index contributed by atoms with van der Waals surface area (Å²) >= 11 is 0. The van der Waals surface area contributed by atoms with Crippen LogP contribution in [0, 0.1) is 0 Å². The first-order valence-electron chi connectivity index (χ1n) is 6.68. The minimum atomic E-state index is 0.0786. The number of amides is 1. The molecule has 0 spiro atoms. The monoisotopic (exact) mass is 257 g/mol. The number of methoxy groups -OCH3 is 1. The van der Waals surface area contributed by atoms with E-state index in [-0.39, 0.29) is 17.5 Å². The summed E-state index contributed by atoms with van der Waals surface area (Å²) in [6.45, 7) is 7.20. The number of nitrogens with one attached hydrogen (secondary N) is 2. The highest BCUT2D eigenvalue weighted by Crippen LogP contribution is 2.20. The number of carbonyl (C=O) groups is 1. The number of nitrogens with zero attached hydrogens (tertiary/aromatic N) is 1. The standard InChI is InChI=1S/C13H27N3O2/c1-11(10-18-4)15-12(17)9-16-7-5-13(2,14-3)6-8-16/h11,14H,5-10H2,1-4H3,(H,15,17). The van der Waals surface area contributed by atoms with Gasteiger partial charge in [0.05, 0.1) is 13.2 Å². The molecule has 0 aromatic rings. The zero-order chi connectivity index (χ0) is 13.6. The lowest BCUT2D eigenvalue weighted by Crippen LogP contribution is -2.52. The molecule has 0 aromatic heterocycles. The van der Waals surface area contributed by atoms with Gasteiger partial charge in [-0.1, -0.05) is 0 Å². The summed E-state index contributed by atoms with van der Waals surface area (Å²) in [6, 6.07) is 0.0786. The Bertz CT molecular complexity index is 263. The number of rotatable bonds is 6. The highest BCUT2D eigenvalue weighted by Gasteiger charge is 2.28. The molecule has 5 nitrogen and oxygen atoms in total. The number of hydrogen-bond acceptors (Lipinski definition) is 4. The zero-order valence-corrected chi connectivity index (χ0v) is 12.1. The molecule has 1 rings (SSSR count). The fourth-order valence-corrected chi connectivity index (χ4v) is 2.27. The Balaban J connectivity index is 2.26. The highest BCUT2D eigenvalue weighted by atomic mass is 16.5. The SMILES string of the molecule is CNC1(C)CCN(CC(=O)NC(C)COC)CC1. The van der Waals surface area contributed by atoms with Gasteiger partial charge in [0, 0.05) is 31.8 Å². The molecule has 0 radical (unpaired) electrons. The summed E-state index contributed by atoms with van der Waals surface area (Å²) in [5.41, 5.74) is 0.232. The molecule has 0 saturated carbocycles. The van der Waals surface area contributed by atoms with E-state index in [9.17, 15) is 4.79 Å². The molecule has 106 valence electrons. The quantitative estimate of drug-likeness (QED) is 0.714. The van der Waals surface area contributed by atoms with Crippen LogP contribution in [0.5, 0.6) is 0 Å². The van der Waals surface area contributed by atoms with Crippen molar-refractivity contribution < 1.29 is 9.53 Å². The lowest BCUT2D eigenvalue weighted by Gasteiger charge is -2.39. The molecule has 1 atom stereocenters. The van der Waals surface area contributed by atoms with Gasteiger partial charge in [0.2, 0.25) is 5.91 Å². The van der Waals surface area contributed by atoms with Crippen LogP contribution in [0.4, 0.5) is 0 Å². The Morgan fingerprint density at radius 1 is 1.44 bits per heavy atom. The molecule has 0 bridgehead atoms. The minimum absolute atomic E-state index is 0.0786. The van der Waals surface area contributed by atoms with Crippen molar-refractivity contribution in [3.05, 3.63) is 0 Å². The molecule has 1 aliphatic heterocycles. The van der Waals surface area contributed by atoms with Crippen LogP contribution in [0.15, 0.2) is 0 Å². The highest BCUT2D eigenvalue weighted by molar-refractivity contribution is 5.78. The van der Waals surface area contributed by atoms with Gasteiger partial charge in [-0.15, -0.1) is 0 Å². The van der Waals surface area contributed by atoms with Crippen molar-refractivity contribution in [2.24, 2.45) is 0 Å². The van der Waals surface area contributed by atoms with Gasteiger partial charge in [0.25, 0.3) is 0 Å². The van der Waals surface area contributed by atoms with E-state index in [1.807, 2.05) is 14.0 Å². The van der Waals surface area contributed by atoms with Gasteiger partial charge in [0.15, 0.2) is 0 Å². The van der Waals surface area contributed by atoms with E-state index in [1.165, 1.54) is 0 Å². The van der Waals surface area contributed by atoms with E-state index >= 15 is 0 Å². The summed E-state index contributed by atoms with van der Waals surface area (Å²) in [7, 11) is 3.65. The van der Waals surface area contributed by atoms with Gasteiger partial charge in [-0.3, -0.25) is 9.69 Å². The van der Waals surface area contributed by atoms with Crippen LogP contribution in [0.3, 0.4) is 0 Å². The van der Waals surface area contributed by atoms with Crippen LogP contribution in [0.25, 0.3) is 0 Å². The van der Waals surface area contributed by atoms with Crippen LogP contribution in [-0.4, -0.2) is 62.8 Å². The largest absolute Gasteiger partial charge is 0.383 e. The predicted octanol–water partition coefficient (Wildman–Crippen LogP) is 0.211. The van der Waals surface area contributed by atoms with Crippen LogP contribution >= 0.6 is 0 Å². The number of likely N-dealkylation sites (tertiary alicyclic amines) is 1. The molecule has 1 aliphatic rings. The normalized spacial score (nSPS) is 21.6. The molecular formula is C13H27N3O2. The van der Waals surface area contributed by atoms with Gasteiger partial charge >= 0.3 is 0 Å². The van der Waals surface area contributed by atoms with Crippen molar-refractivity contribution >= 4 is 5.91 Å². The van der Waals surface area contributed by atoms with Crippen molar-refractivity contribution in [2.75, 3.05) is 40.4 Å². The van der Waals surface area contributed by atoms with Crippen molar-refractivity contribution in [3.8, 4) is 0 Å². The first kappa shape index (κ1) is 15.4. The van der Waals surface area contributed by atoms with E-state index in [0.29, 0.717) is 13.2 Å². The van der Waals surface area contributed by atoms with Gasteiger partial charge in [-0.2, -0.15) is 0 Å². The third-order valence-electron chi connectivity index (χ3n) is 3.75. The average molecular weight is 257 g/mol. The van der Waals surface area contributed by atoms with Crippen molar-refractivity contribution in [1.82, 2.24) is 15.5 Å². The van der Waals surface area contributed by atoms with Crippen molar-refractivity contribution in [3.63, 3.8) is 0 Å². The number of piperidine rings is 1. The Kier molecular flexibility index (Phi) is 6.05. The summed E-state index contributed by atoms with van der Waals surface area (Å²) < 4.78 is 5.00. The summed E-state index contributed by atoms with van der Waals surface area (Å²) in [5, 5.41) is 6.30. The molecular weight excluding hydrogens is 230 g/mol. The fourth-order valence-electron chi connectivity index (χ4n) is 2.27. The molecule has 1 heterocycles. The summed E-state index contributed by atoms with van der Waals surface area (Å²) in [5.74, 6) is 0.0904. The molecule has 2 N–H and O–H groups in total. The maximum absolute atomic E-state index is 11.8. The first-order valence-corrected chi connectivity index (χ1v) is 6.68. The zero-order valence-electron chi connectivity index (χ0n) is 12.1. The average Bonchev–Trinajstić information content (AvgIpc) is 2.32. The third-order valence-corrected chi connectivity index (χ3v) is 3.75. The number of ether oxygens (including phenoxy) is 1. The molecule has 1 unspecified atom stereocenters. The first-order chi connectivity index (χ1) is 8.49. The van der Waals surface area contributed by atoms with Gasteiger partial charge in [-0.25, -0.2) is 0 Å². The molecule has 0 aromatic carbocycles. The maximum atomic E-state index is 11.8. The van der Waals surface area contributed by atoms with E-state index < -0.39 is 0 Å². The van der Waals surface area contributed by atoms with Crippen LogP contribution in [0.2, 0.25) is 0 Å². The van der Waals surface area contributed by atoms with Gasteiger partial charge in [-0.05, 0) is 33.7 Å². The second-order valence-corrected chi connectivity index (χ2v) is 5.51. The fraction of sp³-hybridized carbons (Fsp3) is 0.923. The maximum Gasteiger partial charge on any atom is 0.234 e. The Labute approximate surface area is 110 Å². The topological polar surface area (TPSA) is 53.6 Å². The smallest absolute Gasteiger partial charge is 0.234 e. The lowest BCUT2D eigenvalue weighted by atomic mass is 9.90. The predicted molar refractivity (Wildman–Crippen MR) is 72.6 cm³/mol. The summed E-state index contributed by atoms with van der Waals surface area (Å²) in [6.07, 6.45) is 2.18. The minimum Gasteiger partial charge on any atom is -0.383 e. The second kappa shape index (κ2) is 7.07. The molecule has 1 saturated heterocycles. The molecule has 18 heavy (non-hydrogen) atoms. The Morgan fingerprint density at radius 2 is 2.06 bits per heavy atom. The lowest BCUT2D eigenvalue weighted by molar-refractivity contribution is -0.123. The number of hydrogen-bond donors (Lipinski definition) is 2. The number of carbonyl (C=O) groups excluding carboxylic acids is 1. The molecule has 5 heteroatoms. The van der Waals surface area contributed by atoms with E-state index in [2.05, 4.69) is 22.5 Å². The van der Waals surface area contributed by atoms with Crippen LogP contribution in [0.1, 0.15) is 26.7 Å². The van der Waals surface area contributed by atoms with E-state index in [4.69, 9.17) is 4.74 Å². The Morgan fingerprint density at radius 3 is 2.56 bits per heavy atom. The van der Waals surface area contributed by atoms with Crippen LogP contribution in [-0.2, 0) is 9.53 Å². The van der Waals surface area contributed by atoms with Crippen LogP contribution < -0.4 is 10.6 Å². The van der Waals surface area contributed by atoms with E-state index in [1.54, 1.807) is 7.11 Å². The Hall–Kier alpha value is -0.650. The molecule has 0 aliphatic carbocycles. The van der Waals surface area contributed by atoms with Gasteiger partial charge in [0.1, 0.15) is 0 Å². The summed E-state index contributed by atoms with van der Waals surface area (Å²) in [4.78, 5) is 14.0. The van der Waals surface area contributed by atoms with Crippen molar-refractivity contribution in [1.29, 1.82) is 0 Å². The molecule has 1 fully saturated rings. The second-order valence-electron chi connectivity index (χ2n) is 5.51. The van der Waals surface area contributed by atoms with Gasteiger partial charge < -0.3 is 15.4 Å². The van der Waals surface area contributed by atoms with Crippen molar-refractivity contribution in [2.45, 2.75) is 38.3 Å². The third kappa shape index (κ3) is 4.92. The van der Waals surface area contributed by atoms with E-state index in [0.717, 1.165) is 25.9 Å².